The summed E-state index contributed by atoms with van der Waals surface area (Å²) in [5, 5.41) is 6.59. The normalized spacial score (nSPS) is 16.9. The van der Waals surface area contributed by atoms with Crippen molar-refractivity contribution >= 4 is 56.7 Å². The molecule has 4 aromatic rings. The van der Waals surface area contributed by atoms with Crippen molar-refractivity contribution < 1.29 is 22.0 Å². The summed E-state index contributed by atoms with van der Waals surface area (Å²) in [5.41, 5.74) is 1.53. The van der Waals surface area contributed by atoms with E-state index in [9.17, 15) is 17.8 Å². The van der Waals surface area contributed by atoms with Gasteiger partial charge in [0, 0.05) is 23.7 Å². The van der Waals surface area contributed by atoms with Crippen molar-refractivity contribution in [1.82, 2.24) is 14.3 Å². The first-order chi connectivity index (χ1) is 19.8. The van der Waals surface area contributed by atoms with Crippen LogP contribution in [0.2, 0.25) is 0 Å². The molecular weight excluding hydrogens is 577 g/mol. The van der Waals surface area contributed by atoms with Gasteiger partial charge in [-0.1, -0.05) is 66.7 Å². The van der Waals surface area contributed by atoms with Crippen LogP contribution in [0.5, 0.6) is 0 Å². The minimum Gasteiger partial charge on any atom is -0.724 e. The highest BCUT2D eigenvalue weighted by Crippen LogP contribution is 2.56. The Kier molecular flexibility index (Phi) is 8.77. The summed E-state index contributed by atoms with van der Waals surface area (Å²) in [6, 6.07) is 31.4. The van der Waals surface area contributed by atoms with Crippen molar-refractivity contribution in [3.05, 3.63) is 126 Å². The smallest absolute Gasteiger partial charge is 0.346 e. The van der Waals surface area contributed by atoms with E-state index in [0.29, 0.717) is 11.6 Å². The Hall–Kier alpha value is -3.66. The number of nitrogens with zero attached hydrogens (tertiary/aromatic N) is 3. The van der Waals surface area contributed by atoms with Gasteiger partial charge in [-0.05, 0) is 60.4 Å². The highest BCUT2D eigenvalue weighted by atomic mass is 32.3. The average Bonchev–Trinajstić information content (AvgIpc) is 3.61. The van der Waals surface area contributed by atoms with Crippen molar-refractivity contribution in [2.75, 3.05) is 13.1 Å². The van der Waals surface area contributed by atoms with Crippen LogP contribution in [-0.4, -0.2) is 52.5 Å². The third-order valence-electron chi connectivity index (χ3n) is 6.83. The molecule has 0 radical (unpaired) electrons. The Morgan fingerprint density at radius 3 is 1.93 bits per heavy atom. The number of allylic oxidation sites excluding steroid dienone is 1. The Labute approximate surface area is 244 Å². The van der Waals surface area contributed by atoms with Gasteiger partial charge in [0.1, 0.15) is 29.2 Å². The van der Waals surface area contributed by atoms with Gasteiger partial charge in [0.15, 0.2) is 0 Å². The first kappa shape index (κ1) is 28.9. The molecule has 1 unspecified atom stereocenters. The second-order valence-electron chi connectivity index (χ2n) is 9.30. The number of hydrogen-bond donors (Lipinski definition) is 0. The molecule has 8 nitrogen and oxygen atoms in total. The van der Waals surface area contributed by atoms with Crippen LogP contribution in [-0.2, 0) is 14.7 Å². The topological polar surface area (TPSA) is 103 Å². The fourth-order valence-electron chi connectivity index (χ4n) is 5.11. The second-order valence-corrected chi connectivity index (χ2v) is 14.2. The standard InChI is InChI=1S/C21H20P.C9H9N3O5S2/c1-2-18-22(19-12-6-3-7-13-19,20-14-8-4-9-15-20)21-16-10-5-11-17-21;13-9-11-2-1-7(6-3-10-18-5-6)8(4-11)12(9)17-19(14,15)16/h2-18H,1H3;1,3,5,8H,2,4H2,(H,14,15,16)/q+1;/p-1. The number of rotatable bonds is 7. The molecule has 0 aliphatic carbocycles. The number of carbonyl (C=O) groups excluding carboxylic acids is 1. The minimum absolute atomic E-state index is 0.288. The van der Waals surface area contributed by atoms with E-state index in [2.05, 4.69) is 118 Å². The van der Waals surface area contributed by atoms with Crippen LogP contribution in [0.3, 0.4) is 0 Å². The lowest BCUT2D eigenvalue weighted by Crippen LogP contribution is -2.36. The molecule has 6 rings (SSSR count). The molecule has 2 aliphatic rings. The van der Waals surface area contributed by atoms with E-state index in [1.165, 1.54) is 32.3 Å². The minimum atomic E-state index is -4.98. The quantitative estimate of drug-likeness (QED) is 0.174. The number of aromatic nitrogens is 1. The highest BCUT2D eigenvalue weighted by Gasteiger charge is 2.45. The molecule has 1 fully saturated rings. The molecule has 210 valence electrons. The fourth-order valence-corrected chi connectivity index (χ4v) is 9.81. The zero-order chi connectivity index (χ0) is 28.9. The molecule has 3 aromatic carbocycles. The van der Waals surface area contributed by atoms with E-state index in [0.717, 1.165) is 11.1 Å². The molecule has 41 heavy (non-hydrogen) atoms. The average molecular weight is 606 g/mol. The van der Waals surface area contributed by atoms with Crippen LogP contribution in [0, 0.1) is 0 Å². The van der Waals surface area contributed by atoms with Gasteiger partial charge in [0.2, 0.25) is 10.4 Å². The first-order valence-corrected chi connectivity index (χ1v) is 16.9. The molecule has 1 aromatic heterocycles. The summed E-state index contributed by atoms with van der Waals surface area (Å²) >= 11 is 1.25. The Morgan fingerprint density at radius 2 is 1.49 bits per heavy atom. The molecule has 3 heterocycles. The van der Waals surface area contributed by atoms with E-state index in [-0.39, 0.29) is 6.54 Å². The molecule has 0 saturated carbocycles. The van der Waals surface area contributed by atoms with Crippen LogP contribution in [0.4, 0.5) is 4.79 Å². The number of amides is 2. The summed E-state index contributed by atoms with van der Waals surface area (Å²) in [6.07, 6.45) is 5.62. The van der Waals surface area contributed by atoms with Gasteiger partial charge in [0.05, 0.1) is 12.4 Å². The van der Waals surface area contributed by atoms with Crippen molar-refractivity contribution in [3.8, 4) is 0 Å². The largest absolute Gasteiger partial charge is 0.724 e. The predicted molar refractivity (Wildman–Crippen MR) is 163 cm³/mol. The molecule has 2 bridgehead atoms. The summed E-state index contributed by atoms with van der Waals surface area (Å²) in [4.78, 5) is 13.3. The number of hydrogen-bond acceptors (Lipinski definition) is 7. The maximum atomic E-state index is 11.9. The molecule has 0 spiro atoms. The van der Waals surface area contributed by atoms with Gasteiger partial charge in [0.25, 0.3) is 0 Å². The third kappa shape index (κ3) is 6.17. The summed E-state index contributed by atoms with van der Waals surface area (Å²) < 4.78 is 40.3. The Bertz CT molecular complexity index is 1530. The SMILES string of the molecule is CC=C[P+](c1ccccc1)(c1ccccc1)c1ccccc1.O=C1N2CC=C(c3cnsc3)C(C2)N1OS(=O)(=O)[O-]. The third-order valence-corrected chi connectivity index (χ3v) is 11.8. The van der Waals surface area contributed by atoms with Gasteiger partial charge in [-0.3, -0.25) is 0 Å². The lowest BCUT2D eigenvalue weighted by Gasteiger charge is -2.24. The Balaban J connectivity index is 0.000000166. The maximum Gasteiger partial charge on any atom is 0.346 e. The fraction of sp³-hybridized carbons (Fsp3) is 0.133. The molecule has 1 saturated heterocycles. The number of benzene rings is 3. The van der Waals surface area contributed by atoms with Gasteiger partial charge in [-0.25, -0.2) is 17.6 Å². The van der Waals surface area contributed by atoms with E-state index in [1.807, 2.05) is 0 Å². The lowest BCUT2D eigenvalue weighted by atomic mass is 9.99. The second kappa shape index (κ2) is 12.5. The Morgan fingerprint density at radius 1 is 0.951 bits per heavy atom. The van der Waals surface area contributed by atoms with E-state index >= 15 is 0 Å². The lowest BCUT2D eigenvalue weighted by molar-refractivity contribution is -0.0171. The zero-order valence-corrected chi connectivity index (χ0v) is 24.7. The maximum absolute atomic E-state index is 11.9. The number of urea groups is 1. The molecule has 1 atom stereocenters. The van der Waals surface area contributed by atoms with Gasteiger partial charge in [-0.2, -0.15) is 9.35 Å². The number of fused-ring (bicyclic) bond motifs is 2. The zero-order valence-electron chi connectivity index (χ0n) is 22.2. The van der Waals surface area contributed by atoms with Crippen LogP contribution in [0.1, 0.15) is 12.5 Å². The number of carbonyl (C=O) groups is 1. The first-order valence-electron chi connectivity index (χ1n) is 12.9. The van der Waals surface area contributed by atoms with Crippen LogP contribution in [0.15, 0.2) is 121 Å². The molecule has 2 aliphatic heterocycles. The van der Waals surface area contributed by atoms with Crippen molar-refractivity contribution in [2.24, 2.45) is 0 Å². The molecule has 0 N–H and O–H groups in total. The van der Waals surface area contributed by atoms with Crippen LogP contribution >= 0.6 is 18.8 Å². The monoisotopic (exact) mass is 605 g/mol. The van der Waals surface area contributed by atoms with Crippen molar-refractivity contribution in [1.29, 1.82) is 0 Å². The van der Waals surface area contributed by atoms with E-state index in [4.69, 9.17) is 0 Å². The molecule has 11 heteroatoms. The highest BCUT2D eigenvalue weighted by molar-refractivity contribution is 7.98. The van der Waals surface area contributed by atoms with Gasteiger partial charge >= 0.3 is 6.03 Å². The van der Waals surface area contributed by atoms with Gasteiger partial charge in [-0.15, -0.1) is 0 Å². The van der Waals surface area contributed by atoms with E-state index < -0.39 is 29.7 Å². The summed E-state index contributed by atoms with van der Waals surface area (Å²) in [7, 11) is -6.72. The molecular formula is C30H28N3O5PS2. The van der Waals surface area contributed by atoms with Crippen molar-refractivity contribution in [3.63, 3.8) is 0 Å². The number of hydroxylamine groups is 2. The summed E-state index contributed by atoms with van der Waals surface area (Å²) in [5.74, 6) is 2.41. The van der Waals surface area contributed by atoms with Crippen LogP contribution in [0.25, 0.3) is 5.57 Å². The van der Waals surface area contributed by atoms with Gasteiger partial charge < -0.3 is 9.45 Å². The molecule has 2 amide bonds. The van der Waals surface area contributed by atoms with Crippen molar-refractivity contribution in [2.45, 2.75) is 13.0 Å². The predicted octanol–water partition coefficient (Wildman–Crippen LogP) is 4.55. The van der Waals surface area contributed by atoms with E-state index in [1.54, 1.807) is 17.7 Å². The van der Waals surface area contributed by atoms with Crippen LogP contribution < -0.4 is 15.9 Å². The summed E-state index contributed by atoms with van der Waals surface area (Å²) in [6.45, 7) is 2.75.